The lowest BCUT2D eigenvalue weighted by molar-refractivity contribution is 0.426. The van der Waals surface area contributed by atoms with E-state index in [0.29, 0.717) is 10.8 Å². The second-order valence-electron chi connectivity index (χ2n) is 5.40. The molecule has 0 fully saturated rings. The minimum atomic E-state index is -3.21. The van der Waals surface area contributed by atoms with E-state index in [1.165, 1.54) is 0 Å². The van der Waals surface area contributed by atoms with Crippen LogP contribution in [-0.4, -0.2) is 26.8 Å². The van der Waals surface area contributed by atoms with Gasteiger partial charge in [0.15, 0.2) is 9.84 Å². The fourth-order valence-electron chi connectivity index (χ4n) is 1.90. The van der Waals surface area contributed by atoms with E-state index >= 15 is 0 Å². The molecular weight excluding hydrogens is 258 g/mol. The Morgan fingerprint density at radius 3 is 2.21 bits per heavy atom. The summed E-state index contributed by atoms with van der Waals surface area (Å²) in [5.74, 6) is 0.458. The smallest absolute Gasteiger partial charge is 0.179 e. The molecule has 0 spiro atoms. The fourth-order valence-corrected chi connectivity index (χ4v) is 3.61. The van der Waals surface area contributed by atoms with Crippen molar-refractivity contribution in [1.82, 2.24) is 5.32 Å². The first kappa shape index (κ1) is 16.2. The van der Waals surface area contributed by atoms with E-state index in [2.05, 4.69) is 26.1 Å². The Morgan fingerprint density at radius 1 is 1.16 bits per heavy atom. The summed E-state index contributed by atoms with van der Waals surface area (Å²) in [5, 5.41) is 3.33. The molecule has 0 amide bonds. The topological polar surface area (TPSA) is 46.2 Å². The second kappa shape index (κ2) is 7.06. The van der Waals surface area contributed by atoms with Crippen molar-refractivity contribution in [2.24, 2.45) is 5.92 Å². The quantitative estimate of drug-likeness (QED) is 0.837. The normalized spacial score (nSPS) is 13.7. The molecule has 0 aliphatic heterocycles. The highest BCUT2D eigenvalue weighted by atomic mass is 32.2. The Morgan fingerprint density at radius 2 is 1.74 bits per heavy atom. The van der Waals surface area contributed by atoms with Crippen molar-refractivity contribution in [3.63, 3.8) is 0 Å². The van der Waals surface area contributed by atoms with E-state index in [1.54, 1.807) is 12.1 Å². The maximum atomic E-state index is 12.4. The molecular formula is C15H25NO2S. The van der Waals surface area contributed by atoms with Crippen LogP contribution in [-0.2, 0) is 9.84 Å². The van der Waals surface area contributed by atoms with Gasteiger partial charge in [0.2, 0.25) is 0 Å². The lowest BCUT2D eigenvalue weighted by Gasteiger charge is -2.22. The van der Waals surface area contributed by atoms with Gasteiger partial charge < -0.3 is 5.32 Å². The average Bonchev–Trinajstić information content (AvgIpc) is 2.34. The Hall–Kier alpha value is -0.870. The zero-order chi connectivity index (χ0) is 14.5. The van der Waals surface area contributed by atoms with Gasteiger partial charge >= 0.3 is 0 Å². The number of sulfone groups is 1. The highest BCUT2D eigenvalue weighted by Crippen LogP contribution is 2.15. The molecule has 1 rings (SSSR count). The molecule has 1 unspecified atom stereocenters. The molecule has 0 heterocycles. The minimum Gasteiger partial charge on any atom is -0.313 e. The van der Waals surface area contributed by atoms with Crippen LogP contribution in [0.15, 0.2) is 29.2 Å². The van der Waals surface area contributed by atoms with Crippen molar-refractivity contribution >= 4 is 9.84 Å². The van der Waals surface area contributed by atoms with Crippen molar-refractivity contribution in [3.05, 3.63) is 29.8 Å². The molecule has 0 aliphatic rings. The lowest BCUT2D eigenvalue weighted by Crippen LogP contribution is -2.40. The summed E-state index contributed by atoms with van der Waals surface area (Å²) in [6, 6.07) is 7.09. The fraction of sp³-hybridized carbons (Fsp3) is 0.600. The zero-order valence-electron chi connectivity index (χ0n) is 12.3. The van der Waals surface area contributed by atoms with Crippen LogP contribution >= 0.6 is 0 Å². The van der Waals surface area contributed by atoms with Crippen molar-refractivity contribution in [3.8, 4) is 0 Å². The number of hydrogen-bond donors (Lipinski definition) is 1. The van der Waals surface area contributed by atoms with Gasteiger partial charge in [-0.3, -0.25) is 0 Å². The highest BCUT2D eigenvalue weighted by Gasteiger charge is 2.22. The molecule has 1 N–H and O–H groups in total. The molecule has 1 aromatic rings. The summed E-state index contributed by atoms with van der Waals surface area (Å²) in [6.45, 7) is 9.00. The van der Waals surface area contributed by atoms with Crippen LogP contribution in [0.2, 0.25) is 0 Å². The van der Waals surface area contributed by atoms with Crippen molar-refractivity contribution < 1.29 is 8.42 Å². The molecule has 1 aromatic carbocycles. The predicted molar refractivity (Wildman–Crippen MR) is 80.2 cm³/mol. The third kappa shape index (κ3) is 4.96. The molecule has 3 nitrogen and oxygen atoms in total. The van der Waals surface area contributed by atoms with Crippen LogP contribution in [0.25, 0.3) is 0 Å². The first-order chi connectivity index (χ1) is 8.86. The summed E-state index contributed by atoms with van der Waals surface area (Å²) in [6.07, 6.45) is 1.01. The van der Waals surface area contributed by atoms with Gasteiger partial charge in [-0.05, 0) is 37.9 Å². The van der Waals surface area contributed by atoms with E-state index in [0.717, 1.165) is 18.5 Å². The van der Waals surface area contributed by atoms with Gasteiger partial charge in [0.1, 0.15) is 0 Å². The highest BCUT2D eigenvalue weighted by molar-refractivity contribution is 7.91. The maximum Gasteiger partial charge on any atom is 0.179 e. The summed E-state index contributed by atoms with van der Waals surface area (Å²) in [4.78, 5) is 0.419. The van der Waals surface area contributed by atoms with Gasteiger partial charge in [-0.15, -0.1) is 0 Å². The van der Waals surface area contributed by atoms with Gasteiger partial charge in [0, 0.05) is 6.04 Å². The Balaban J connectivity index is 2.84. The van der Waals surface area contributed by atoms with Crippen LogP contribution in [0, 0.1) is 12.8 Å². The molecule has 0 bridgehead atoms. The van der Waals surface area contributed by atoms with Crippen molar-refractivity contribution in [1.29, 1.82) is 0 Å². The van der Waals surface area contributed by atoms with E-state index < -0.39 is 9.84 Å². The third-order valence-corrected chi connectivity index (χ3v) is 5.03. The molecule has 0 saturated heterocycles. The number of nitrogens with one attached hydrogen (secondary N) is 1. The number of benzene rings is 1. The first-order valence-corrected chi connectivity index (χ1v) is 8.55. The van der Waals surface area contributed by atoms with E-state index in [-0.39, 0.29) is 11.8 Å². The van der Waals surface area contributed by atoms with E-state index in [1.807, 2.05) is 19.1 Å². The van der Waals surface area contributed by atoms with Gasteiger partial charge in [-0.1, -0.05) is 38.5 Å². The Bertz CT molecular complexity index is 477. The van der Waals surface area contributed by atoms with Gasteiger partial charge in [0.25, 0.3) is 0 Å². The molecule has 0 aromatic heterocycles. The lowest BCUT2D eigenvalue weighted by atomic mass is 10.1. The number of hydrogen-bond acceptors (Lipinski definition) is 3. The van der Waals surface area contributed by atoms with Crippen LogP contribution in [0.3, 0.4) is 0 Å². The van der Waals surface area contributed by atoms with Crippen LogP contribution in [0.4, 0.5) is 0 Å². The van der Waals surface area contributed by atoms with Gasteiger partial charge in [-0.25, -0.2) is 8.42 Å². The van der Waals surface area contributed by atoms with Gasteiger partial charge in [-0.2, -0.15) is 0 Å². The van der Waals surface area contributed by atoms with Crippen molar-refractivity contribution in [2.75, 3.05) is 12.3 Å². The second-order valence-corrected chi connectivity index (χ2v) is 7.43. The van der Waals surface area contributed by atoms with Crippen LogP contribution in [0.5, 0.6) is 0 Å². The summed E-state index contributed by atoms with van der Waals surface area (Å²) >= 11 is 0. The molecule has 4 heteroatoms. The monoisotopic (exact) mass is 283 g/mol. The van der Waals surface area contributed by atoms with E-state index in [4.69, 9.17) is 0 Å². The Labute approximate surface area is 117 Å². The average molecular weight is 283 g/mol. The van der Waals surface area contributed by atoms with Crippen LogP contribution in [0.1, 0.15) is 32.8 Å². The molecule has 0 radical (unpaired) electrons. The summed E-state index contributed by atoms with van der Waals surface area (Å²) in [7, 11) is -3.21. The number of rotatable bonds is 7. The molecule has 19 heavy (non-hydrogen) atoms. The van der Waals surface area contributed by atoms with Crippen LogP contribution < -0.4 is 5.32 Å². The standard InChI is InChI=1S/C15H25NO2S/c1-5-10-16-15(12(2)3)11-19(17,18)14-8-6-13(4)7-9-14/h6-9,12,15-16H,5,10-11H2,1-4H3. The molecule has 1 atom stereocenters. The molecule has 108 valence electrons. The van der Waals surface area contributed by atoms with Gasteiger partial charge in [0.05, 0.1) is 10.6 Å². The first-order valence-electron chi connectivity index (χ1n) is 6.89. The summed E-state index contributed by atoms with van der Waals surface area (Å²) < 4.78 is 24.8. The van der Waals surface area contributed by atoms with Crippen molar-refractivity contribution in [2.45, 2.75) is 45.1 Å². The molecule has 0 aliphatic carbocycles. The SMILES string of the molecule is CCCNC(CS(=O)(=O)c1ccc(C)cc1)C(C)C. The third-order valence-electron chi connectivity index (χ3n) is 3.24. The largest absolute Gasteiger partial charge is 0.313 e. The zero-order valence-corrected chi connectivity index (χ0v) is 13.1. The predicted octanol–water partition coefficient (Wildman–Crippen LogP) is 2.79. The minimum absolute atomic E-state index is 0.00579. The molecule has 0 saturated carbocycles. The van der Waals surface area contributed by atoms with E-state index in [9.17, 15) is 8.42 Å². The Kier molecular flexibility index (Phi) is 6.01. The summed E-state index contributed by atoms with van der Waals surface area (Å²) in [5.41, 5.74) is 1.07. The maximum absolute atomic E-state index is 12.4. The number of aryl methyl sites for hydroxylation is 1.